The number of likely N-dealkylation sites (N-methyl/N-ethyl adjacent to an activating group) is 1. The van der Waals surface area contributed by atoms with Gasteiger partial charge in [-0.1, -0.05) is 66.7 Å². The molecule has 1 fully saturated rings. The van der Waals surface area contributed by atoms with Crippen LogP contribution in [0.4, 0.5) is 0 Å². The SMILES string of the molecule is CON(C)C(=O)/C=C/CNC(=O)C(=O)NCc1ccccc1C(=O)NC1(c2cccc3ccccc23)CC1. The topological polar surface area (TPSA) is 117 Å². The summed E-state index contributed by atoms with van der Waals surface area (Å²) in [5.41, 5.74) is 1.69. The van der Waals surface area contributed by atoms with Crippen molar-refractivity contribution >= 4 is 34.4 Å². The van der Waals surface area contributed by atoms with E-state index in [4.69, 9.17) is 4.84 Å². The van der Waals surface area contributed by atoms with E-state index in [2.05, 4.69) is 40.2 Å². The van der Waals surface area contributed by atoms with Gasteiger partial charge < -0.3 is 16.0 Å². The van der Waals surface area contributed by atoms with E-state index in [0.29, 0.717) is 11.1 Å². The minimum atomic E-state index is -0.850. The van der Waals surface area contributed by atoms with Gasteiger partial charge in [0.2, 0.25) is 0 Å². The van der Waals surface area contributed by atoms with Crippen molar-refractivity contribution in [3.05, 3.63) is 95.6 Å². The number of nitrogens with one attached hydrogen (secondary N) is 3. The van der Waals surface area contributed by atoms with Gasteiger partial charge in [0.25, 0.3) is 11.8 Å². The lowest BCUT2D eigenvalue weighted by Crippen LogP contribution is -2.40. The molecule has 3 N–H and O–H groups in total. The highest BCUT2D eigenvalue weighted by atomic mass is 16.7. The Morgan fingerprint density at radius 3 is 2.37 bits per heavy atom. The summed E-state index contributed by atoms with van der Waals surface area (Å²) < 4.78 is 0. The molecule has 0 unspecified atom stereocenters. The molecule has 0 radical (unpaired) electrons. The minimum absolute atomic E-state index is 0.00404. The van der Waals surface area contributed by atoms with Crippen molar-refractivity contribution in [3.63, 3.8) is 0 Å². The average molecular weight is 515 g/mol. The molecule has 4 rings (SSSR count). The molecule has 38 heavy (non-hydrogen) atoms. The zero-order valence-corrected chi connectivity index (χ0v) is 21.3. The average Bonchev–Trinajstić information content (AvgIpc) is 3.73. The Labute approximate surface area is 220 Å². The summed E-state index contributed by atoms with van der Waals surface area (Å²) in [6.45, 7) is -0.00509. The second-order valence-corrected chi connectivity index (χ2v) is 9.03. The van der Waals surface area contributed by atoms with Gasteiger partial charge in [-0.15, -0.1) is 0 Å². The maximum absolute atomic E-state index is 13.4. The Morgan fingerprint density at radius 1 is 0.921 bits per heavy atom. The van der Waals surface area contributed by atoms with Crippen molar-refractivity contribution < 1.29 is 24.0 Å². The molecule has 0 aliphatic heterocycles. The Bertz CT molecular complexity index is 1390. The minimum Gasteiger partial charge on any atom is -0.344 e. The van der Waals surface area contributed by atoms with Gasteiger partial charge >= 0.3 is 11.8 Å². The number of fused-ring (bicyclic) bond motifs is 1. The fourth-order valence-corrected chi connectivity index (χ4v) is 4.25. The summed E-state index contributed by atoms with van der Waals surface area (Å²) in [6, 6.07) is 21.2. The number of carbonyl (C=O) groups is 4. The molecule has 3 aromatic rings. The summed E-state index contributed by atoms with van der Waals surface area (Å²) in [5, 5.41) is 11.4. The van der Waals surface area contributed by atoms with Crippen LogP contribution in [-0.2, 0) is 31.3 Å². The van der Waals surface area contributed by atoms with Gasteiger partial charge in [0, 0.05) is 31.8 Å². The van der Waals surface area contributed by atoms with E-state index in [0.717, 1.165) is 34.2 Å². The second kappa shape index (κ2) is 11.7. The number of benzene rings is 3. The van der Waals surface area contributed by atoms with Crippen LogP contribution in [-0.4, -0.2) is 49.4 Å². The highest BCUT2D eigenvalue weighted by Gasteiger charge is 2.46. The highest BCUT2D eigenvalue weighted by Crippen LogP contribution is 2.48. The number of hydrogen-bond acceptors (Lipinski definition) is 5. The molecule has 1 aliphatic carbocycles. The van der Waals surface area contributed by atoms with E-state index in [-0.39, 0.29) is 19.0 Å². The van der Waals surface area contributed by atoms with E-state index in [1.807, 2.05) is 18.2 Å². The van der Waals surface area contributed by atoms with Crippen molar-refractivity contribution in [2.24, 2.45) is 0 Å². The van der Waals surface area contributed by atoms with E-state index in [1.165, 1.54) is 26.3 Å². The Hall–Kier alpha value is -4.50. The fraction of sp³-hybridized carbons (Fsp3) is 0.241. The van der Waals surface area contributed by atoms with Crippen LogP contribution in [0.5, 0.6) is 0 Å². The zero-order chi connectivity index (χ0) is 27.1. The molecule has 0 aromatic heterocycles. The van der Waals surface area contributed by atoms with Gasteiger partial charge in [0.05, 0.1) is 12.6 Å². The summed E-state index contributed by atoms with van der Waals surface area (Å²) >= 11 is 0. The van der Waals surface area contributed by atoms with Crippen LogP contribution < -0.4 is 16.0 Å². The molecule has 3 aromatic carbocycles. The first-order chi connectivity index (χ1) is 18.3. The smallest absolute Gasteiger partial charge is 0.309 e. The molecule has 0 saturated heterocycles. The molecule has 0 heterocycles. The molecule has 1 saturated carbocycles. The number of nitrogens with zero attached hydrogens (tertiary/aromatic N) is 1. The maximum Gasteiger partial charge on any atom is 0.309 e. The largest absolute Gasteiger partial charge is 0.344 e. The summed E-state index contributed by atoms with van der Waals surface area (Å²) in [4.78, 5) is 54.1. The van der Waals surface area contributed by atoms with Gasteiger partial charge in [-0.2, -0.15) is 0 Å². The molecular weight excluding hydrogens is 484 g/mol. The van der Waals surface area contributed by atoms with Crippen molar-refractivity contribution in [2.75, 3.05) is 20.7 Å². The molecule has 1 aliphatic rings. The number of carbonyl (C=O) groups excluding carboxylic acids is 4. The molecule has 9 heteroatoms. The van der Waals surface area contributed by atoms with E-state index in [9.17, 15) is 19.2 Å². The van der Waals surface area contributed by atoms with Crippen LogP contribution in [0.1, 0.15) is 34.3 Å². The summed E-state index contributed by atoms with van der Waals surface area (Å²) in [6.07, 6.45) is 4.31. The first-order valence-electron chi connectivity index (χ1n) is 12.3. The third-order valence-corrected chi connectivity index (χ3v) is 6.54. The standard InChI is InChI=1S/C29H30N4O5/c1-33(38-2)25(34)15-8-18-30-27(36)28(37)31-19-21-10-4-6-13-23(21)26(35)32-29(16-17-29)24-14-7-11-20-9-3-5-12-22(20)24/h3-15H,16-19H2,1-2H3,(H,30,36)(H,31,37)(H,32,35)/b15-8+. The Kier molecular flexibility index (Phi) is 8.18. The van der Waals surface area contributed by atoms with E-state index in [1.54, 1.807) is 24.3 Å². The lowest BCUT2D eigenvalue weighted by atomic mass is 9.96. The molecule has 9 nitrogen and oxygen atoms in total. The summed E-state index contributed by atoms with van der Waals surface area (Å²) in [5.74, 6) is -2.34. The lowest BCUT2D eigenvalue weighted by molar-refractivity contribution is -0.162. The normalized spacial score (nSPS) is 13.6. The molecule has 196 valence electrons. The first kappa shape index (κ1) is 26.6. The molecule has 0 spiro atoms. The first-order valence-corrected chi connectivity index (χ1v) is 12.3. The van der Waals surface area contributed by atoms with Gasteiger partial charge in [-0.05, 0) is 40.8 Å². The molecule has 0 atom stereocenters. The van der Waals surface area contributed by atoms with Crippen molar-refractivity contribution in [1.29, 1.82) is 0 Å². The molecular formula is C29H30N4O5. The van der Waals surface area contributed by atoms with Crippen molar-refractivity contribution in [3.8, 4) is 0 Å². The second-order valence-electron chi connectivity index (χ2n) is 9.03. The fourth-order valence-electron chi connectivity index (χ4n) is 4.25. The van der Waals surface area contributed by atoms with Crippen molar-refractivity contribution in [1.82, 2.24) is 21.0 Å². The summed E-state index contributed by atoms with van der Waals surface area (Å²) in [7, 11) is 2.81. The van der Waals surface area contributed by atoms with Crippen LogP contribution >= 0.6 is 0 Å². The number of hydroxylamine groups is 2. The molecule has 4 amide bonds. The van der Waals surface area contributed by atoms with Crippen LogP contribution in [0.2, 0.25) is 0 Å². The third kappa shape index (κ3) is 6.07. The number of rotatable bonds is 9. The quantitative estimate of drug-likeness (QED) is 0.231. The van der Waals surface area contributed by atoms with E-state index >= 15 is 0 Å². The maximum atomic E-state index is 13.4. The predicted octanol–water partition coefficient (Wildman–Crippen LogP) is 2.57. The lowest BCUT2D eigenvalue weighted by Gasteiger charge is -2.21. The zero-order valence-electron chi connectivity index (χ0n) is 21.3. The Morgan fingerprint density at radius 2 is 1.61 bits per heavy atom. The number of hydrogen-bond donors (Lipinski definition) is 3. The highest BCUT2D eigenvalue weighted by molar-refractivity contribution is 6.35. The van der Waals surface area contributed by atoms with Crippen LogP contribution in [0.15, 0.2) is 78.9 Å². The molecule has 0 bridgehead atoms. The van der Waals surface area contributed by atoms with Crippen LogP contribution in [0, 0.1) is 0 Å². The van der Waals surface area contributed by atoms with Crippen molar-refractivity contribution in [2.45, 2.75) is 24.9 Å². The monoisotopic (exact) mass is 514 g/mol. The van der Waals surface area contributed by atoms with Gasteiger partial charge in [0.1, 0.15) is 0 Å². The van der Waals surface area contributed by atoms with Gasteiger partial charge in [-0.3, -0.25) is 24.0 Å². The third-order valence-electron chi connectivity index (χ3n) is 6.54. The Balaban J connectivity index is 1.36. The van der Waals surface area contributed by atoms with E-state index < -0.39 is 23.3 Å². The number of amides is 4. The van der Waals surface area contributed by atoms with Gasteiger partial charge in [0.15, 0.2) is 0 Å². The van der Waals surface area contributed by atoms with Gasteiger partial charge in [-0.25, -0.2) is 5.06 Å². The predicted molar refractivity (Wildman–Crippen MR) is 143 cm³/mol. The van der Waals surface area contributed by atoms with Crippen LogP contribution in [0.25, 0.3) is 10.8 Å². The van der Waals surface area contributed by atoms with Crippen LogP contribution in [0.3, 0.4) is 0 Å².